The van der Waals surface area contributed by atoms with Gasteiger partial charge in [0.05, 0.1) is 0 Å². The second-order valence-corrected chi connectivity index (χ2v) is 5.47. The number of hydrogen-bond acceptors (Lipinski definition) is 2. The van der Waals surface area contributed by atoms with Gasteiger partial charge in [-0.2, -0.15) is 0 Å². The molecule has 18 heavy (non-hydrogen) atoms. The highest BCUT2D eigenvalue weighted by molar-refractivity contribution is 5.83. The molecule has 0 amide bonds. The van der Waals surface area contributed by atoms with Gasteiger partial charge in [-0.05, 0) is 43.7 Å². The van der Waals surface area contributed by atoms with Crippen LogP contribution in [0.3, 0.4) is 0 Å². The molecule has 2 heterocycles. The molecule has 1 atom stereocenters. The zero-order valence-electron chi connectivity index (χ0n) is 11.2. The maximum atomic E-state index is 3.61. The van der Waals surface area contributed by atoms with Crippen molar-refractivity contribution in [2.24, 2.45) is 0 Å². The van der Waals surface area contributed by atoms with Gasteiger partial charge < -0.3 is 15.2 Å². The van der Waals surface area contributed by atoms with E-state index in [9.17, 15) is 0 Å². The lowest BCUT2D eigenvalue weighted by Crippen LogP contribution is -2.49. The molecular formula is C15H21N3. The van der Waals surface area contributed by atoms with Gasteiger partial charge in [0.25, 0.3) is 0 Å². The highest BCUT2D eigenvalue weighted by atomic mass is 15.2. The van der Waals surface area contributed by atoms with E-state index >= 15 is 0 Å². The summed E-state index contributed by atoms with van der Waals surface area (Å²) in [4.78, 5) is 5.71. The molecule has 0 aliphatic carbocycles. The smallest absolute Gasteiger partial charge is 0.0456 e. The Labute approximate surface area is 108 Å². The number of aryl methyl sites for hydroxylation is 1. The Morgan fingerprint density at radius 1 is 1.39 bits per heavy atom. The van der Waals surface area contributed by atoms with Gasteiger partial charge in [0, 0.05) is 42.8 Å². The number of piperazine rings is 1. The van der Waals surface area contributed by atoms with E-state index in [1.165, 1.54) is 22.0 Å². The molecule has 1 aliphatic heterocycles. The van der Waals surface area contributed by atoms with Crippen molar-refractivity contribution >= 4 is 10.9 Å². The minimum absolute atomic E-state index is 0.584. The summed E-state index contributed by atoms with van der Waals surface area (Å²) in [6, 6.07) is 7.36. The number of benzene rings is 1. The molecule has 3 heteroatoms. The lowest BCUT2D eigenvalue weighted by molar-refractivity contribution is 0.238. The molecular weight excluding hydrogens is 222 g/mol. The maximum absolute atomic E-state index is 3.61. The monoisotopic (exact) mass is 243 g/mol. The predicted octanol–water partition coefficient (Wildman–Crippen LogP) is 1.92. The van der Waals surface area contributed by atoms with E-state index in [0.717, 1.165) is 26.1 Å². The molecule has 1 fully saturated rings. The Balaban J connectivity index is 1.79. The summed E-state index contributed by atoms with van der Waals surface area (Å²) in [5, 5.41) is 4.96. The lowest BCUT2D eigenvalue weighted by atomic mass is 10.0. The van der Waals surface area contributed by atoms with E-state index in [1.54, 1.807) is 0 Å². The van der Waals surface area contributed by atoms with Crippen LogP contribution in [0.25, 0.3) is 10.9 Å². The van der Waals surface area contributed by atoms with Crippen molar-refractivity contribution in [3.8, 4) is 0 Å². The zero-order valence-corrected chi connectivity index (χ0v) is 11.2. The zero-order chi connectivity index (χ0) is 12.5. The highest BCUT2D eigenvalue weighted by Gasteiger charge is 2.16. The molecule has 1 aromatic carbocycles. The van der Waals surface area contributed by atoms with Gasteiger partial charge in [-0.3, -0.25) is 0 Å². The van der Waals surface area contributed by atoms with Gasteiger partial charge in [-0.1, -0.05) is 6.07 Å². The average Bonchev–Trinajstić information content (AvgIpc) is 2.71. The standard InChI is InChI=1S/C15H21N3/c1-11-9-17-15-4-3-12(8-14(11)15)7-13-10-18(2)6-5-16-13/h3-4,8-9,13,16-17H,5-7,10H2,1-2H3. The Kier molecular flexibility index (Phi) is 3.10. The van der Waals surface area contributed by atoms with Crippen LogP contribution in [-0.4, -0.2) is 42.6 Å². The Morgan fingerprint density at radius 3 is 3.11 bits per heavy atom. The third kappa shape index (κ3) is 2.28. The minimum atomic E-state index is 0.584. The van der Waals surface area contributed by atoms with Crippen molar-refractivity contribution in [2.45, 2.75) is 19.4 Å². The maximum Gasteiger partial charge on any atom is 0.0456 e. The lowest BCUT2D eigenvalue weighted by Gasteiger charge is -2.31. The summed E-state index contributed by atoms with van der Waals surface area (Å²) < 4.78 is 0. The number of nitrogens with one attached hydrogen (secondary N) is 2. The summed E-state index contributed by atoms with van der Waals surface area (Å²) >= 11 is 0. The van der Waals surface area contributed by atoms with Crippen molar-refractivity contribution in [1.29, 1.82) is 0 Å². The second kappa shape index (κ2) is 4.75. The third-order valence-electron chi connectivity index (χ3n) is 3.89. The van der Waals surface area contributed by atoms with E-state index in [4.69, 9.17) is 0 Å². The number of H-pyrrole nitrogens is 1. The highest BCUT2D eigenvalue weighted by Crippen LogP contribution is 2.20. The van der Waals surface area contributed by atoms with Crippen LogP contribution in [0.2, 0.25) is 0 Å². The summed E-state index contributed by atoms with van der Waals surface area (Å²) in [7, 11) is 2.20. The predicted molar refractivity (Wildman–Crippen MR) is 76.0 cm³/mol. The number of aromatic nitrogens is 1. The minimum Gasteiger partial charge on any atom is -0.361 e. The first-order valence-corrected chi connectivity index (χ1v) is 6.71. The SMILES string of the molecule is Cc1c[nH]c2ccc(CC3CN(C)CCN3)cc12. The Hall–Kier alpha value is -1.32. The molecule has 2 N–H and O–H groups in total. The van der Waals surface area contributed by atoms with Crippen molar-refractivity contribution < 1.29 is 0 Å². The molecule has 0 spiro atoms. The summed E-state index contributed by atoms with van der Waals surface area (Å²) in [6.45, 7) is 5.57. The number of rotatable bonds is 2. The van der Waals surface area contributed by atoms with Crippen molar-refractivity contribution in [2.75, 3.05) is 26.7 Å². The van der Waals surface area contributed by atoms with Crippen LogP contribution in [0.4, 0.5) is 0 Å². The molecule has 2 aromatic rings. The first kappa shape index (κ1) is 11.8. The molecule has 3 nitrogen and oxygen atoms in total. The Morgan fingerprint density at radius 2 is 2.28 bits per heavy atom. The molecule has 0 radical (unpaired) electrons. The van der Waals surface area contributed by atoms with Crippen LogP contribution < -0.4 is 5.32 Å². The topological polar surface area (TPSA) is 31.1 Å². The fourth-order valence-corrected chi connectivity index (χ4v) is 2.85. The quantitative estimate of drug-likeness (QED) is 0.844. The molecule has 1 aliphatic rings. The largest absolute Gasteiger partial charge is 0.361 e. The summed E-state index contributed by atoms with van der Waals surface area (Å²) in [6.07, 6.45) is 3.20. The normalized spacial score (nSPS) is 21.6. The first-order valence-electron chi connectivity index (χ1n) is 6.71. The molecule has 1 aromatic heterocycles. The van der Waals surface area contributed by atoms with Crippen LogP contribution >= 0.6 is 0 Å². The molecule has 1 saturated heterocycles. The number of nitrogens with zero attached hydrogens (tertiary/aromatic N) is 1. The van der Waals surface area contributed by atoms with Crippen LogP contribution in [-0.2, 0) is 6.42 Å². The van der Waals surface area contributed by atoms with Gasteiger partial charge >= 0.3 is 0 Å². The van der Waals surface area contributed by atoms with E-state index in [1.807, 2.05) is 0 Å². The second-order valence-electron chi connectivity index (χ2n) is 5.47. The van der Waals surface area contributed by atoms with Gasteiger partial charge in [0.15, 0.2) is 0 Å². The number of fused-ring (bicyclic) bond motifs is 1. The molecule has 0 bridgehead atoms. The van der Waals surface area contributed by atoms with E-state index in [-0.39, 0.29) is 0 Å². The first-order chi connectivity index (χ1) is 8.72. The summed E-state index contributed by atoms with van der Waals surface area (Å²) in [5.74, 6) is 0. The Bertz CT molecular complexity index is 544. The van der Waals surface area contributed by atoms with E-state index in [0.29, 0.717) is 6.04 Å². The van der Waals surface area contributed by atoms with Crippen LogP contribution in [0.15, 0.2) is 24.4 Å². The van der Waals surface area contributed by atoms with E-state index in [2.05, 4.69) is 53.6 Å². The van der Waals surface area contributed by atoms with Crippen molar-refractivity contribution in [3.63, 3.8) is 0 Å². The number of aromatic amines is 1. The van der Waals surface area contributed by atoms with Crippen LogP contribution in [0.1, 0.15) is 11.1 Å². The molecule has 3 rings (SSSR count). The van der Waals surface area contributed by atoms with Gasteiger partial charge in [-0.25, -0.2) is 0 Å². The molecule has 1 unspecified atom stereocenters. The van der Waals surface area contributed by atoms with Gasteiger partial charge in [0.2, 0.25) is 0 Å². The van der Waals surface area contributed by atoms with E-state index < -0.39 is 0 Å². The number of hydrogen-bond donors (Lipinski definition) is 2. The van der Waals surface area contributed by atoms with Crippen LogP contribution in [0.5, 0.6) is 0 Å². The molecule has 96 valence electrons. The number of likely N-dealkylation sites (N-methyl/N-ethyl adjacent to an activating group) is 1. The van der Waals surface area contributed by atoms with Crippen molar-refractivity contribution in [3.05, 3.63) is 35.5 Å². The fraction of sp³-hybridized carbons (Fsp3) is 0.467. The molecule has 0 saturated carbocycles. The van der Waals surface area contributed by atoms with Crippen LogP contribution in [0, 0.1) is 6.92 Å². The third-order valence-corrected chi connectivity index (χ3v) is 3.89. The fourth-order valence-electron chi connectivity index (χ4n) is 2.85. The van der Waals surface area contributed by atoms with Gasteiger partial charge in [-0.15, -0.1) is 0 Å². The van der Waals surface area contributed by atoms with Gasteiger partial charge in [0.1, 0.15) is 0 Å². The average molecular weight is 243 g/mol. The summed E-state index contributed by atoms with van der Waals surface area (Å²) in [5.41, 5.74) is 4.00. The van der Waals surface area contributed by atoms with Crippen molar-refractivity contribution in [1.82, 2.24) is 15.2 Å².